The summed E-state index contributed by atoms with van der Waals surface area (Å²) in [5.74, 6) is -0.172. The van der Waals surface area contributed by atoms with Crippen molar-refractivity contribution in [1.29, 1.82) is 0 Å². The van der Waals surface area contributed by atoms with E-state index in [9.17, 15) is 4.79 Å². The van der Waals surface area contributed by atoms with Crippen LogP contribution in [0.15, 0.2) is 22.0 Å². The summed E-state index contributed by atoms with van der Waals surface area (Å²) in [4.78, 5) is 17.9. The Morgan fingerprint density at radius 3 is 3.05 bits per heavy atom. The molecular weight excluding hydrogens is 266 g/mol. The van der Waals surface area contributed by atoms with Crippen LogP contribution in [0.1, 0.15) is 12.8 Å². The van der Waals surface area contributed by atoms with E-state index in [1.165, 1.54) is 0 Å². The third-order valence-corrected chi connectivity index (χ3v) is 3.49. The molecule has 1 atom stereocenters. The van der Waals surface area contributed by atoms with Crippen molar-refractivity contribution in [3.05, 3.63) is 23.4 Å². The molecule has 0 aromatic carbocycles. The lowest BCUT2D eigenvalue weighted by atomic mass is 10.2. The Kier molecular flexibility index (Phi) is 4.28. The fourth-order valence-corrected chi connectivity index (χ4v) is 2.32. The van der Waals surface area contributed by atoms with Crippen molar-refractivity contribution < 1.29 is 14.4 Å². The number of carboxylic acids is 1. The maximum atomic E-state index is 10.8. The molecule has 0 aliphatic heterocycles. The first kappa shape index (κ1) is 13.7. The van der Waals surface area contributed by atoms with Crippen molar-refractivity contribution in [1.82, 2.24) is 15.0 Å². The van der Waals surface area contributed by atoms with Crippen LogP contribution in [0, 0.1) is 5.92 Å². The Bertz CT molecular complexity index is 538. The van der Waals surface area contributed by atoms with Gasteiger partial charge in [0.15, 0.2) is 0 Å². The zero-order valence-corrected chi connectivity index (χ0v) is 11.6. The predicted molar refractivity (Wildman–Crippen MR) is 70.7 cm³/mol. The molecule has 2 heterocycles. The number of nitrogens with zero attached hydrogens (tertiary/aromatic N) is 3. The van der Waals surface area contributed by atoms with E-state index in [1.54, 1.807) is 18.3 Å². The molecule has 7 heteroatoms. The number of aromatic nitrogens is 2. The van der Waals surface area contributed by atoms with Crippen LogP contribution in [0.4, 0.5) is 0 Å². The summed E-state index contributed by atoms with van der Waals surface area (Å²) in [6, 6.07) is 3.85. The van der Waals surface area contributed by atoms with Gasteiger partial charge in [0.1, 0.15) is 0 Å². The molecule has 19 heavy (non-hydrogen) atoms. The van der Waals surface area contributed by atoms with E-state index in [-0.39, 0.29) is 0 Å². The molecular formula is C12H15N3O3S. The molecule has 1 N–H and O–H groups in total. The molecule has 1 unspecified atom stereocenters. The maximum absolute atomic E-state index is 10.8. The van der Waals surface area contributed by atoms with E-state index in [1.807, 2.05) is 29.5 Å². The Morgan fingerprint density at radius 1 is 1.63 bits per heavy atom. The predicted octanol–water partition coefficient (Wildman–Crippen LogP) is 1.95. The monoisotopic (exact) mass is 281 g/mol. The van der Waals surface area contributed by atoms with Crippen LogP contribution in [-0.4, -0.2) is 39.7 Å². The van der Waals surface area contributed by atoms with Gasteiger partial charge in [0.2, 0.25) is 11.7 Å². The van der Waals surface area contributed by atoms with Crippen LogP contribution < -0.4 is 0 Å². The quantitative estimate of drug-likeness (QED) is 0.871. The molecule has 6 nitrogen and oxygen atoms in total. The van der Waals surface area contributed by atoms with Crippen molar-refractivity contribution >= 4 is 17.3 Å². The molecule has 2 aromatic rings. The second-order valence-electron chi connectivity index (χ2n) is 4.43. The van der Waals surface area contributed by atoms with E-state index in [0.717, 1.165) is 4.88 Å². The van der Waals surface area contributed by atoms with Gasteiger partial charge in [0, 0.05) is 6.54 Å². The van der Waals surface area contributed by atoms with Crippen LogP contribution in [-0.2, 0) is 11.3 Å². The van der Waals surface area contributed by atoms with Crippen molar-refractivity contribution in [2.24, 2.45) is 5.92 Å². The van der Waals surface area contributed by atoms with Gasteiger partial charge in [-0.1, -0.05) is 18.1 Å². The van der Waals surface area contributed by atoms with Gasteiger partial charge in [-0.2, -0.15) is 4.98 Å². The topological polar surface area (TPSA) is 79.5 Å². The van der Waals surface area contributed by atoms with Crippen LogP contribution in [0.5, 0.6) is 0 Å². The Morgan fingerprint density at radius 2 is 2.42 bits per heavy atom. The van der Waals surface area contributed by atoms with Gasteiger partial charge in [-0.05, 0) is 18.5 Å². The molecule has 0 fully saturated rings. The van der Waals surface area contributed by atoms with E-state index in [4.69, 9.17) is 9.63 Å². The lowest BCUT2D eigenvalue weighted by Gasteiger charge is -2.16. The van der Waals surface area contributed by atoms with Gasteiger partial charge in [0.25, 0.3) is 0 Å². The Balaban J connectivity index is 1.95. The summed E-state index contributed by atoms with van der Waals surface area (Å²) in [7, 11) is 1.83. The number of aliphatic carboxylic acids is 1. The number of hydrogen-bond acceptors (Lipinski definition) is 6. The SMILES string of the molecule is CC(CN(C)Cc1nc(-c2cccs2)no1)C(=O)O. The van der Waals surface area contributed by atoms with Gasteiger partial charge in [-0.25, -0.2) is 0 Å². The normalized spacial score (nSPS) is 12.8. The summed E-state index contributed by atoms with van der Waals surface area (Å²) < 4.78 is 5.16. The highest BCUT2D eigenvalue weighted by Gasteiger charge is 2.16. The molecule has 0 amide bonds. The molecule has 0 aliphatic carbocycles. The minimum absolute atomic E-state index is 0.426. The highest BCUT2D eigenvalue weighted by atomic mass is 32.1. The zero-order chi connectivity index (χ0) is 13.8. The molecule has 102 valence electrons. The van der Waals surface area contributed by atoms with Crippen molar-refractivity contribution in [3.63, 3.8) is 0 Å². The molecule has 0 radical (unpaired) electrons. The summed E-state index contributed by atoms with van der Waals surface area (Å²) >= 11 is 1.55. The minimum atomic E-state index is -0.809. The molecule has 2 rings (SSSR count). The molecule has 0 spiro atoms. The number of thiophene rings is 1. The van der Waals surface area contributed by atoms with Gasteiger partial charge in [0.05, 0.1) is 17.3 Å². The first-order valence-corrected chi connectivity index (χ1v) is 6.72. The first-order chi connectivity index (χ1) is 9.06. The average molecular weight is 281 g/mol. The molecule has 0 saturated heterocycles. The van der Waals surface area contributed by atoms with Gasteiger partial charge in [-0.15, -0.1) is 11.3 Å². The lowest BCUT2D eigenvalue weighted by molar-refractivity contribution is -0.141. The average Bonchev–Trinajstić information content (AvgIpc) is 2.97. The summed E-state index contributed by atoms with van der Waals surface area (Å²) in [5.41, 5.74) is 0. The highest BCUT2D eigenvalue weighted by Crippen LogP contribution is 2.21. The summed E-state index contributed by atoms with van der Waals surface area (Å²) in [6.07, 6.45) is 0. The van der Waals surface area contributed by atoms with Gasteiger partial charge in [-0.3, -0.25) is 9.69 Å². The van der Waals surface area contributed by atoms with Crippen LogP contribution in [0.3, 0.4) is 0 Å². The maximum Gasteiger partial charge on any atom is 0.307 e. The molecule has 2 aromatic heterocycles. The Labute approximate surface area is 114 Å². The number of hydrogen-bond donors (Lipinski definition) is 1. The lowest BCUT2D eigenvalue weighted by Crippen LogP contribution is -2.28. The Hall–Kier alpha value is -1.73. The van der Waals surface area contributed by atoms with Crippen LogP contribution in [0.2, 0.25) is 0 Å². The third kappa shape index (κ3) is 3.62. The smallest absolute Gasteiger partial charge is 0.307 e. The van der Waals surface area contributed by atoms with Crippen molar-refractivity contribution in [2.45, 2.75) is 13.5 Å². The second-order valence-corrected chi connectivity index (χ2v) is 5.37. The summed E-state index contributed by atoms with van der Waals surface area (Å²) in [5, 5.41) is 14.7. The van der Waals surface area contributed by atoms with E-state index < -0.39 is 11.9 Å². The zero-order valence-electron chi connectivity index (χ0n) is 10.7. The van der Waals surface area contributed by atoms with E-state index in [0.29, 0.717) is 24.8 Å². The first-order valence-electron chi connectivity index (χ1n) is 5.84. The fourth-order valence-electron chi connectivity index (χ4n) is 1.67. The summed E-state index contributed by atoms with van der Waals surface area (Å²) in [6.45, 7) is 2.55. The van der Waals surface area contributed by atoms with Crippen molar-refractivity contribution in [3.8, 4) is 10.7 Å². The third-order valence-electron chi connectivity index (χ3n) is 2.62. The largest absolute Gasteiger partial charge is 0.481 e. The highest BCUT2D eigenvalue weighted by molar-refractivity contribution is 7.13. The number of carboxylic acid groups (broad SMARTS) is 1. The standard InChI is InChI=1S/C12H15N3O3S/c1-8(12(16)17)6-15(2)7-10-13-11(14-18-10)9-4-3-5-19-9/h3-5,8H,6-7H2,1-2H3,(H,16,17). The van der Waals surface area contributed by atoms with Crippen LogP contribution >= 0.6 is 11.3 Å². The molecule has 0 bridgehead atoms. The second kappa shape index (κ2) is 5.94. The van der Waals surface area contributed by atoms with E-state index in [2.05, 4.69) is 10.1 Å². The number of rotatable bonds is 6. The number of carbonyl (C=O) groups is 1. The molecule has 0 aliphatic rings. The molecule has 0 saturated carbocycles. The van der Waals surface area contributed by atoms with E-state index >= 15 is 0 Å². The minimum Gasteiger partial charge on any atom is -0.481 e. The van der Waals surface area contributed by atoms with Gasteiger partial charge < -0.3 is 9.63 Å². The van der Waals surface area contributed by atoms with Gasteiger partial charge >= 0.3 is 5.97 Å². The van der Waals surface area contributed by atoms with Crippen LogP contribution in [0.25, 0.3) is 10.7 Å². The fraction of sp³-hybridized carbons (Fsp3) is 0.417. The van der Waals surface area contributed by atoms with Crippen molar-refractivity contribution in [2.75, 3.05) is 13.6 Å².